The summed E-state index contributed by atoms with van der Waals surface area (Å²) in [5.74, 6) is -0.383. The lowest BCUT2D eigenvalue weighted by atomic mass is 10.1. The van der Waals surface area contributed by atoms with E-state index in [1.165, 1.54) is 6.07 Å². The summed E-state index contributed by atoms with van der Waals surface area (Å²) in [6, 6.07) is 4.79. The van der Waals surface area contributed by atoms with Crippen LogP contribution in [0.3, 0.4) is 0 Å². The molecule has 0 radical (unpaired) electrons. The van der Waals surface area contributed by atoms with Gasteiger partial charge in [-0.05, 0) is 26.3 Å². The molecule has 0 aliphatic rings. The number of hydrogen-bond donors (Lipinski definition) is 1. The van der Waals surface area contributed by atoms with Gasteiger partial charge in [0.15, 0.2) is 0 Å². The van der Waals surface area contributed by atoms with Crippen LogP contribution in [0.1, 0.15) is 42.6 Å². The van der Waals surface area contributed by atoms with Gasteiger partial charge in [0.2, 0.25) is 0 Å². The third-order valence-electron chi connectivity index (χ3n) is 2.76. The smallest absolute Gasteiger partial charge is 0.285 e. The Morgan fingerprint density at radius 2 is 2.17 bits per heavy atom. The van der Waals surface area contributed by atoms with Crippen LogP contribution in [0.2, 0.25) is 0 Å². The Labute approximate surface area is 106 Å². The second-order valence-electron chi connectivity index (χ2n) is 4.39. The van der Waals surface area contributed by atoms with Crippen molar-refractivity contribution >= 4 is 11.6 Å². The summed E-state index contributed by atoms with van der Waals surface area (Å²) in [5, 5.41) is 13.8. The average Bonchev–Trinajstić information content (AvgIpc) is 2.28. The molecule has 0 fully saturated rings. The maximum Gasteiger partial charge on any atom is 0.285 e. The molecule has 1 atom stereocenters. The standard InChI is InChI=1S/C13H18N2O3/c1-4-6-10(3)14-13(16)11-8-5-7-9(2)12(11)15(17)18/h5,7-8,10H,4,6H2,1-3H3,(H,14,16)/t10-/m1/s1. The minimum Gasteiger partial charge on any atom is -0.349 e. The summed E-state index contributed by atoms with van der Waals surface area (Å²) >= 11 is 0. The third-order valence-corrected chi connectivity index (χ3v) is 2.76. The van der Waals surface area contributed by atoms with E-state index in [1.807, 2.05) is 13.8 Å². The number of nitrogens with zero attached hydrogens (tertiary/aromatic N) is 1. The lowest BCUT2D eigenvalue weighted by Crippen LogP contribution is -2.32. The van der Waals surface area contributed by atoms with Crippen molar-refractivity contribution in [1.29, 1.82) is 0 Å². The first-order valence-corrected chi connectivity index (χ1v) is 6.02. The molecule has 0 spiro atoms. The molecule has 0 aliphatic carbocycles. The number of amides is 1. The van der Waals surface area contributed by atoms with Gasteiger partial charge in [-0.15, -0.1) is 0 Å². The maximum atomic E-state index is 12.0. The molecule has 0 aromatic heterocycles. The second-order valence-corrected chi connectivity index (χ2v) is 4.39. The van der Waals surface area contributed by atoms with E-state index in [-0.39, 0.29) is 23.2 Å². The number of nitrogens with one attached hydrogen (secondary N) is 1. The molecule has 1 aromatic rings. The normalized spacial score (nSPS) is 11.9. The van der Waals surface area contributed by atoms with Crippen molar-refractivity contribution in [2.75, 3.05) is 0 Å². The van der Waals surface area contributed by atoms with Crippen molar-refractivity contribution in [2.45, 2.75) is 39.7 Å². The van der Waals surface area contributed by atoms with E-state index < -0.39 is 4.92 Å². The third kappa shape index (κ3) is 3.29. The van der Waals surface area contributed by atoms with Crippen LogP contribution in [0.15, 0.2) is 18.2 Å². The molecule has 1 N–H and O–H groups in total. The summed E-state index contributed by atoms with van der Waals surface area (Å²) < 4.78 is 0. The fourth-order valence-electron chi connectivity index (χ4n) is 1.89. The van der Waals surface area contributed by atoms with Crippen molar-refractivity contribution < 1.29 is 9.72 Å². The Kier molecular flexibility index (Phi) is 4.83. The van der Waals surface area contributed by atoms with Crippen LogP contribution in [0.5, 0.6) is 0 Å². The van der Waals surface area contributed by atoms with Crippen LogP contribution in [0.4, 0.5) is 5.69 Å². The molecular weight excluding hydrogens is 232 g/mol. The van der Waals surface area contributed by atoms with Crippen LogP contribution < -0.4 is 5.32 Å². The summed E-state index contributed by atoms with van der Waals surface area (Å²) in [4.78, 5) is 22.5. The zero-order chi connectivity index (χ0) is 13.7. The SMILES string of the molecule is CCC[C@@H](C)NC(=O)c1cccc(C)c1[N+](=O)[O-]. The Balaban J connectivity index is 2.99. The summed E-state index contributed by atoms with van der Waals surface area (Å²) in [7, 11) is 0. The Morgan fingerprint density at radius 1 is 1.50 bits per heavy atom. The van der Waals surface area contributed by atoms with Gasteiger partial charge < -0.3 is 5.32 Å². The van der Waals surface area contributed by atoms with Crippen molar-refractivity contribution in [2.24, 2.45) is 0 Å². The van der Waals surface area contributed by atoms with E-state index in [0.717, 1.165) is 12.8 Å². The highest BCUT2D eigenvalue weighted by Gasteiger charge is 2.22. The van der Waals surface area contributed by atoms with Crippen LogP contribution >= 0.6 is 0 Å². The quantitative estimate of drug-likeness (QED) is 0.645. The summed E-state index contributed by atoms with van der Waals surface area (Å²) in [5.41, 5.74) is 0.512. The van der Waals surface area contributed by atoms with E-state index in [2.05, 4.69) is 5.32 Å². The monoisotopic (exact) mass is 250 g/mol. The number of carbonyl (C=O) groups is 1. The highest BCUT2D eigenvalue weighted by Crippen LogP contribution is 2.23. The molecule has 0 unspecified atom stereocenters. The molecule has 0 bridgehead atoms. The Hall–Kier alpha value is -1.91. The Morgan fingerprint density at radius 3 is 2.72 bits per heavy atom. The van der Waals surface area contributed by atoms with Gasteiger partial charge in [0.25, 0.3) is 11.6 Å². The van der Waals surface area contributed by atoms with E-state index in [1.54, 1.807) is 19.1 Å². The predicted molar refractivity (Wildman–Crippen MR) is 69.7 cm³/mol. The van der Waals surface area contributed by atoms with Crippen molar-refractivity contribution in [1.82, 2.24) is 5.32 Å². The number of rotatable bonds is 5. The van der Waals surface area contributed by atoms with Gasteiger partial charge in [-0.25, -0.2) is 0 Å². The summed E-state index contributed by atoms with van der Waals surface area (Å²) in [6.07, 6.45) is 1.81. The molecule has 0 saturated heterocycles. The fourth-order valence-corrected chi connectivity index (χ4v) is 1.89. The highest BCUT2D eigenvalue weighted by atomic mass is 16.6. The number of carbonyl (C=O) groups excluding carboxylic acids is 1. The van der Waals surface area contributed by atoms with Gasteiger partial charge in [0.05, 0.1) is 4.92 Å². The number of para-hydroxylation sites is 1. The molecule has 0 aliphatic heterocycles. The van der Waals surface area contributed by atoms with Crippen molar-refractivity contribution in [3.63, 3.8) is 0 Å². The Bertz CT molecular complexity index is 458. The zero-order valence-corrected chi connectivity index (χ0v) is 10.9. The van der Waals surface area contributed by atoms with Crippen LogP contribution in [-0.2, 0) is 0 Å². The van der Waals surface area contributed by atoms with E-state index in [9.17, 15) is 14.9 Å². The molecule has 0 saturated carbocycles. The average molecular weight is 250 g/mol. The predicted octanol–water partition coefficient (Wildman–Crippen LogP) is 2.82. The number of benzene rings is 1. The lowest BCUT2D eigenvalue weighted by molar-refractivity contribution is -0.385. The summed E-state index contributed by atoms with van der Waals surface area (Å²) in [6.45, 7) is 5.55. The van der Waals surface area contributed by atoms with Crippen LogP contribution in [0.25, 0.3) is 0 Å². The van der Waals surface area contributed by atoms with Gasteiger partial charge in [-0.3, -0.25) is 14.9 Å². The maximum absolute atomic E-state index is 12.0. The van der Waals surface area contributed by atoms with Gasteiger partial charge >= 0.3 is 0 Å². The lowest BCUT2D eigenvalue weighted by Gasteiger charge is -2.13. The van der Waals surface area contributed by atoms with E-state index >= 15 is 0 Å². The molecule has 1 amide bonds. The fraction of sp³-hybridized carbons (Fsp3) is 0.462. The number of nitro groups is 1. The topological polar surface area (TPSA) is 72.2 Å². The molecule has 5 heteroatoms. The number of hydrogen-bond acceptors (Lipinski definition) is 3. The number of aryl methyl sites for hydroxylation is 1. The zero-order valence-electron chi connectivity index (χ0n) is 10.9. The highest BCUT2D eigenvalue weighted by molar-refractivity contribution is 5.98. The van der Waals surface area contributed by atoms with Crippen LogP contribution in [0, 0.1) is 17.0 Å². The molecule has 5 nitrogen and oxygen atoms in total. The number of nitro benzene ring substituents is 1. The minimum absolute atomic E-state index is 0.0163. The van der Waals surface area contributed by atoms with Gasteiger partial charge in [0, 0.05) is 11.6 Å². The molecule has 18 heavy (non-hydrogen) atoms. The van der Waals surface area contributed by atoms with Gasteiger partial charge in [0.1, 0.15) is 5.56 Å². The minimum atomic E-state index is -0.505. The second kappa shape index (κ2) is 6.14. The molecule has 1 aromatic carbocycles. The van der Waals surface area contributed by atoms with Gasteiger partial charge in [-0.2, -0.15) is 0 Å². The molecule has 0 heterocycles. The van der Waals surface area contributed by atoms with Crippen molar-refractivity contribution in [3.05, 3.63) is 39.4 Å². The van der Waals surface area contributed by atoms with Gasteiger partial charge in [-0.1, -0.05) is 25.5 Å². The first-order chi connectivity index (χ1) is 8.47. The van der Waals surface area contributed by atoms with E-state index in [0.29, 0.717) is 5.56 Å². The first kappa shape index (κ1) is 14.2. The molecule has 1 rings (SSSR count). The van der Waals surface area contributed by atoms with Crippen molar-refractivity contribution in [3.8, 4) is 0 Å². The largest absolute Gasteiger partial charge is 0.349 e. The first-order valence-electron chi connectivity index (χ1n) is 6.02. The van der Waals surface area contributed by atoms with Crippen LogP contribution in [-0.4, -0.2) is 16.9 Å². The van der Waals surface area contributed by atoms with E-state index in [4.69, 9.17) is 0 Å². The molecular formula is C13H18N2O3. The molecule has 98 valence electrons.